The normalized spacial score (nSPS) is 14.4. The Hall–Kier alpha value is -2.66. The number of hydrogen-bond donors (Lipinski definition) is 0. The fourth-order valence-corrected chi connectivity index (χ4v) is 3.24. The number of fused-ring (bicyclic) bond motifs is 1. The number of nitrogens with zero attached hydrogens (tertiary/aromatic N) is 4. The second-order valence-electron chi connectivity index (χ2n) is 5.98. The smallest absolute Gasteiger partial charge is 0.221 e. The molecule has 0 aliphatic carbocycles. The first kappa shape index (κ1) is 14.9. The van der Waals surface area contributed by atoms with Crippen LogP contribution < -0.4 is 4.74 Å². The minimum absolute atomic E-state index is 0.790. The van der Waals surface area contributed by atoms with E-state index in [-0.39, 0.29) is 0 Å². The van der Waals surface area contributed by atoms with Gasteiger partial charge in [-0.1, -0.05) is 36.4 Å². The van der Waals surface area contributed by atoms with Gasteiger partial charge in [-0.25, -0.2) is 4.98 Å². The van der Waals surface area contributed by atoms with Crippen molar-refractivity contribution < 1.29 is 4.74 Å². The zero-order chi connectivity index (χ0) is 16.4. The van der Waals surface area contributed by atoms with E-state index in [4.69, 9.17) is 9.84 Å². The molecule has 5 nitrogen and oxygen atoms in total. The highest BCUT2D eigenvalue weighted by molar-refractivity contribution is 5.39. The maximum Gasteiger partial charge on any atom is 0.221 e. The highest BCUT2D eigenvalue weighted by Crippen LogP contribution is 2.30. The van der Waals surface area contributed by atoms with E-state index in [1.165, 1.54) is 11.1 Å². The largest absolute Gasteiger partial charge is 0.481 e. The zero-order valence-electron chi connectivity index (χ0n) is 13.7. The molecule has 4 rings (SSSR count). The standard InChI is InChI=1S/C19H20N4O/c1-24-19-16-10-12-22(13-15-7-3-2-4-8-15)14-17(16)21-23(19)18-9-5-6-11-20-18/h2-9,11H,10,12-14H2,1H3. The molecule has 1 aliphatic rings. The van der Waals surface area contributed by atoms with E-state index in [9.17, 15) is 0 Å². The lowest BCUT2D eigenvalue weighted by Crippen LogP contribution is -2.29. The summed E-state index contributed by atoms with van der Waals surface area (Å²) in [6.07, 6.45) is 2.72. The van der Waals surface area contributed by atoms with Crippen LogP contribution in [0.15, 0.2) is 54.7 Å². The molecule has 2 aromatic heterocycles. The van der Waals surface area contributed by atoms with Crippen molar-refractivity contribution in [2.45, 2.75) is 19.5 Å². The number of pyridine rings is 1. The van der Waals surface area contributed by atoms with Gasteiger partial charge in [0.15, 0.2) is 5.82 Å². The highest BCUT2D eigenvalue weighted by atomic mass is 16.5. The zero-order valence-corrected chi connectivity index (χ0v) is 13.7. The van der Waals surface area contributed by atoms with E-state index in [0.29, 0.717) is 0 Å². The Morgan fingerprint density at radius 1 is 1.08 bits per heavy atom. The molecule has 3 aromatic rings. The van der Waals surface area contributed by atoms with Crippen LogP contribution in [0, 0.1) is 0 Å². The van der Waals surface area contributed by atoms with Crippen molar-refractivity contribution in [1.29, 1.82) is 0 Å². The third-order valence-electron chi connectivity index (χ3n) is 4.38. The van der Waals surface area contributed by atoms with Gasteiger partial charge < -0.3 is 4.74 Å². The number of hydrogen-bond acceptors (Lipinski definition) is 4. The van der Waals surface area contributed by atoms with Crippen LogP contribution in [0.5, 0.6) is 5.88 Å². The molecule has 0 unspecified atom stereocenters. The molecule has 1 aromatic carbocycles. The minimum atomic E-state index is 0.790. The molecule has 24 heavy (non-hydrogen) atoms. The predicted octanol–water partition coefficient (Wildman–Crippen LogP) is 2.83. The average Bonchev–Trinajstić information content (AvgIpc) is 3.01. The molecule has 0 radical (unpaired) electrons. The Balaban J connectivity index is 1.61. The lowest BCUT2D eigenvalue weighted by Gasteiger charge is -2.26. The molecule has 0 saturated carbocycles. The first-order valence-electron chi connectivity index (χ1n) is 8.17. The molecule has 0 amide bonds. The van der Waals surface area contributed by atoms with Gasteiger partial charge in [0.1, 0.15) is 0 Å². The molecule has 0 bridgehead atoms. The summed E-state index contributed by atoms with van der Waals surface area (Å²) in [6.45, 7) is 2.78. The second kappa shape index (κ2) is 6.45. The number of benzene rings is 1. The lowest BCUT2D eigenvalue weighted by molar-refractivity contribution is 0.241. The maximum atomic E-state index is 5.63. The number of aromatic nitrogens is 3. The summed E-state index contributed by atoms with van der Waals surface area (Å²) in [5, 5.41) is 4.77. The monoisotopic (exact) mass is 320 g/mol. The Kier molecular flexibility index (Phi) is 4.01. The van der Waals surface area contributed by atoms with Crippen molar-refractivity contribution in [2.24, 2.45) is 0 Å². The molecule has 0 N–H and O–H groups in total. The molecular formula is C19H20N4O. The van der Waals surface area contributed by atoms with Crippen molar-refractivity contribution in [3.05, 3.63) is 71.5 Å². The van der Waals surface area contributed by atoms with Gasteiger partial charge in [-0.2, -0.15) is 9.78 Å². The van der Waals surface area contributed by atoms with Crippen molar-refractivity contribution in [2.75, 3.05) is 13.7 Å². The SMILES string of the molecule is COc1c2c(nn1-c1ccccn1)CN(Cc1ccccc1)CC2. The molecular weight excluding hydrogens is 300 g/mol. The number of rotatable bonds is 4. The van der Waals surface area contributed by atoms with E-state index < -0.39 is 0 Å². The second-order valence-corrected chi connectivity index (χ2v) is 5.98. The van der Waals surface area contributed by atoms with E-state index in [2.05, 4.69) is 40.2 Å². The van der Waals surface area contributed by atoms with Crippen LogP contribution in [-0.4, -0.2) is 33.3 Å². The van der Waals surface area contributed by atoms with Crippen LogP contribution in [-0.2, 0) is 19.5 Å². The molecule has 5 heteroatoms. The molecule has 122 valence electrons. The first-order chi connectivity index (χ1) is 11.8. The van der Waals surface area contributed by atoms with Crippen molar-refractivity contribution in [1.82, 2.24) is 19.7 Å². The van der Waals surface area contributed by atoms with Crippen molar-refractivity contribution in [3.8, 4) is 11.7 Å². The fourth-order valence-electron chi connectivity index (χ4n) is 3.24. The molecule has 0 saturated heterocycles. The van der Waals surface area contributed by atoms with E-state index in [1.807, 2.05) is 22.9 Å². The van der Waals surface area contributed by atoms with E-state index in [0.717, 1.165) is 43.4 Å². The van der Waals surface area contributed by atoms with Gasteiger partial charge in [-0.15, -0.1) is 0 Å². The summed E-state index contributed by atoms with van der Waals surface area (Å²) < 4.78 is 7.45. The maximum absolute atomic E-state index is 5.63. The van der Waals surface area contributed by atoms with Crippen LogP contribution in [0.2, 0.25) is 0 Å². The summed E-state index contributed by atoms with van der Waals surface area (Å²) in [5.74, 6) is 1.60. The molecule has 0 atom stereocenters. The average molecular weight is 320 g/mol. The summed E-state index contributed by atoms with van der Waals surface area (Å²) in [6, 6.07) is 16.4. The van der Waals surface area contributed by atoms with Crippen molar-refractivity contribution in [3.63, 3.8) is 0 Å². The van der Waals surface area contributed by atoms with Crippen LogP contribution in [0.3, 0.4) is 0 Å². The van der Waals surface area contributed by atoms with E-state index >= 15 is 0 Å². The van der Waals surface area contributed by atoms with Gasteiger partial charge in [-0.05, 0) is 24.1 Å². The lowest BCUT2D eigenvalue weighted by atomic mass is 10.1. The predicted molar refractivity (Wildman–Crippen MR) is 92.2 cm³/mol. The van der Waals surface area contributed by atoms with Gasteiger partial charge in [0.25, 0.3) is 0 Å². The van der Waals surface area contributed by atoms with Crippen LogP contribution in [0.1, 0.15) is 16.8 Å². The van der Waals surface area contributed by atoms with Gasteiger partial charge >= 0.3 is 0 Å². The van der Waals surface area contributed by atoms with Crippen LogP contribution in [0.4, 0.5) is 0 Å². The fraction of sp³-hybridized carbons (Fsp3) is 0.263. The summed E-state index contributed by atoms with van der Waals surface area (Å²) in [7, 11) is 1.70. The van der Waals surface area contributed by atoms with Gasteiger partial charge in [0.05, 0.1) is 12.8 Å². The van der Waals surface area contributed by atoms with Gasteiger partial charge in [0, 0.05) is 31.4 Å². The molecule has 1 aliphatic heterocycles. The third-order valence-corrected chi connectivity index (χ3v) is 4.38. The minimum Gasteiger partial charge on any atom is -0.481 e. The Bertz CT molecular complexity index is 814. The third kappa shape index (κ3) is 2.78. The summed E-state index contributed by atoms with van der Waals surface area (Å²) in [4.78, 5) is 6.82. The van der Waals surface area contributed by atoms with Crippen LogP contribution in [0.25, 0.3) is 5.82 Å². The summed E-state index contributed by atoms with van der Waals surface area (Å²) in [5.41, 5.74) is 3.62. The number of ether oxygens (including phenoxy) is 1. The molecule has 0 fully saturated rings. The van der Waals surface area contributed by atoms with Crippen molar-refractivity contribution >= 4 is 0 Å². The Morgan fingerprint density at radius 3 is 2.67 bits per heavy atom. The quantitative estimate of drug-likeness (QED) is 0.741. The summed E-state index contributed by atoms with van der Waals surface area (Å²) >= 11 is 0. The Morgan fingerprint density at radius 2 is 1.92 bits per heavy atom. The van der Waals surface area contributed by atoms with Gasteiger partial charge in [-0.3, -0.25) is 4.90 Å². The first-order valence-corrected chi connectivity index (χ1v) is 8.17. The molecule has 3 heterocycles. The van der Waals surface area contributed by atoms with Gasteiger partial charge in [0.2, 0.25) is 5.88 Å². The topological polar surface area (TPSA) is 43.2 Å². The number of methoxy groups -OCH3 is 1. The highest BCUT2D eigenvalue weighted by Gasteiger charge is 2.26. The Labute approximate surface area is 141 Å². The van der Waals surface area contributed by atoms with Crippen LogP contribution >= 0.6 is 0 Å². The van der Waals surface area contributed by atoms with E-state index in [1.54, 1.807) is 13.3 Å². The molecule has 0 spiro atoms.